The lowest BCUT2D eigenvalue weighted by molar-refractivity contribution is -0.0605. The monoisotopic (exact) mass is 377 g/mol. The van der Waals surface area contributed by atoms with Crippen molar-refractivity contribution in [2.75, 3.05) is 33.0 Å². The molecule has 3 aliphatic heterocycles. The van der Waals surface area contributed by atoms with Gasteiger partial charge in [-0.05, 0) is 50.3 Å². The average Bonchev–Trinajstić information content (AvgIpc) is 2.68. The molecule has 26 heavy (non-hydrogen) atoms. The van der Waals surface area contributed by atoms with Crippen LogP contribution in [0.15, 0.2) is 40.8 Å². The lowest BCUT2D eigenvalue weighted by Crippen LogP contribution is -2.59. The molecule has 3 aliphatic rings. The molecule has 1 aromatic carbocycles. The van der Waals surface area contributed by atoms with Crippen molar-refractivity contribution < 1.29 is 17.9 Å². The Balaban J connectivity index is 1.74. The molecule has 0 bridgehead atoms. The highest BCUT2D eigenvalue weighted by Gasteiger charge is 2.52. The molecule has 5 nitrogen and oxygen atoms in total. The van der Waals surface area contributed by atoms with Crippen LogP contribution in [0.2, 0.25) is 0 Å². The van der Waals surface area contributed by atoms with Crippen molar-refractivity contribution >= 4 is 10.0 Å². The normalized spacial score (nSPS) is 30.5. The van der Waals surface area contributed by atoms with Crippen LogP contribution in [0.1, 0.15) is 31.2 Å². The minimum atomic E-state index is -3.51. The topological polar surface area (TPSA) is 55.8 Å². The van der Waals surface area contributed by atoms with Gasteiger partial charge in [-0.15, -0.1) is 0 Å². The fraction of sp³-hybridized carbons (Fsp3) is 0.600. The van der Waals surface area contributed by atoms with E-state index in [-0.39, 0.29) is 11.5 Å². The molecular formula is C20H27NO4S. The van der Waals surface area contributed by atoms with E-state index in [0.29, 0.717) is 37.9 Å². The summed E-state index contributed by atoms with van der Waals surface area (Å²) in [5, 5.41) is 0. The van der Waals surface area contributed by atoms with Gasteiger partial charge in [0.1, 0.15) is 0 Å². The van der Waals surface area contributed by atoms with Gasteiger partial charge in [0.05, 0.1) is 24.7 Å². The zero-order valence-electron chi connectivity index (χ0n) is 15.3. The SMILES string of the molecule is Cc1cccc(S(=O)(=O)N2CCC[C@]3(C4=CCOCC4)COCC[C@@H]23)c1. The van der Waals surface area contributed by atoms with Crippen LogP contribution in [-0.4, -0.2) is 51.7 Å². The first-order chi connectivity index (χ1) is 12.5. The summed E-state index contributed by atoms with van der Waals surface area (Å²) in [4.78, 5) is 0.403. The summed E-state index contributed by atoms with van der Waals surface area (Å²) in [6.45, 7) is 5.09. The summed E-state index contributed by atoms with van der Waals surface area (Å²) in [5.41, 5.74) is 2.10. The molecule has 2 saturated heterocycles. The molecule has 4 rings (SSSR count). The summed E-state index contributed by atoms with van der Waals surface area (Å²) in [6.07, 6.45) is 5.64. The van der Waals surface area contributed by atoms with E-state index in [1.807, 2.05) is 19.1 Å². The van der Waals surface area contributed by atoms with Gasteiger partial charge in [-0.3, -0.25) is 0 Å². The second kappa shape index (κ2) is 7.08. The molecule has 0 N–H and O–H groups in total. The van der Waals surface area contributed by atoms with E-state index < -0.39 is 10.0 Å². The van der Waals surface area contributed by atoms with E-state index in [0.717, 1.165) is 31.2 Å². The van der Waals surface area contributed by atoms with Gasteiger partial charge >= 0.3 is 0 Å². The summed E-state index contributed by atoms with van der Waals surface area (Å²) < 4.78 is 40.1. The Kier molecular flexibility index (Phi) is 4.94. The van der Waals surface area contributed by atoms with Crippen LogP contribution in [-0.2, 0) is 19.5 Å². The standard InChI is InChI=1S/C20H27NO4S/c1-16-4-2-5-18(14-16)26(22,23)21-10-3-9-20(15-25-13-8-19(20)21)17-6-11-24-12-7-17/h2,4-6,14,19H,3,7-13,15H2,1H3/t19-,20-/m1/s1. The van der Waals surface area contributed by atoms with Gasteiger partial charge in [-0.1, -0.05) is 23.8 Å². The molecule has 2 fully saturated rings. The summed E-state index contributed by atoms with van der Waals surface area (Å²) in [7, 11) is -3.51. The average molecular weight is 378 g/mol. The Morgan fingerprint density at radius 1 is 1.23 bits per heavy atom. The number of hydrogen-bond acceptors (Lipinski definition) is 4. The van der Waals surface area contributed by atoms with E-state index in [1.54, 1.807) is 16.4 Å². The molecule has 142 valence electrons. The zero-order chi connectivity index (χ0) is 18.2. The predicted molar refractivity (Wildman–Crippen MR) is 99.5 cm³/mol. The summed E-state index contributed by atoms with van der Waals surface area (Å²) in [5.74, 6) is 0. The van der Waals surface area contributed by atoms with Crippen LogP contribution in [0.25, 0.3) is 0 Å². The Morgan fingerprint density at radius 2 is 2.12 bits per heavy atom. The third-order valence-corrected chi connectivity index (χ3v) is 7.99. The molecule has 1 aromatic rings. The first kappa shape index (κ1) is 18.2. The minimum absolute atomic E-state index is 0.0279. The van der Waals surface area contributed by atoms with Gasteiger partial charge in [0.15, 0.2) is 0 Å². The van der Waals surface area contributed by atoms with E-state index >= 15 is 0 Å². The molecular weight excluding hydrogens is 350 g/mol. The lowest BCUT2D eigenvalue weighted by Gasteiger charge is -2.53. The van der Waals surface area contributed by atoms with Crippen molar-refractivity contribution in [3.8, 4) is 0 Å². The Bertz CT molecular complexity index is 800. The van der Waals surface area contributed by atoms with E-state index in [2.05, 4.69) is 6.08 Å². The van der Waals surface area contributed by atoms with Crippen molar-refractivity contribution in [2.24, 2.45) is 5.41 Å². The van der Waals surface area contributed by atoms with Gasteiger partial charge in [0.2, 0.25) is 10.0 Å². The van der Waals surface area contributed by atoms with Gasteiger partial charge in [0, 0.05) is 24.6 Å². The quantitative estimate of drug-likeness (QED) is 0.760. The van der Waals surface area contributed by atoms with E-state index in [4.69, 9.17) is 9.47 Å². The van der Waals surface area contributed by atoms with Crippen molar-refractivity contribution in [3.05, 3.63) is 41.5 Å². The van der Waals surface area contributed by atoms with Crippen LogP contribution >= 0.6 is 0 Å². The summed E-state index contributed by atoms with van der Waals surface area (Å²) in [6, 6.07) is 7.22. The minimum Gasteiger partial charge on any atom is -0.380 e. The second-order valence-corrected chi connectivity index (χ2v) is 9.49. The van der Waals surface area contributed by atoms with Crippen LogP contribution in [0, 0.1) is 12.3 Å². The predicted octanol–water partition coefficient (Wildman–Crippen LogP) is 2.90. The van der Waals surface area contributed by atoms with Crippen LogP contribution in [0.4, 0.5) is 0 Å². The van der Waals surface area contributed by atoms with E-state index in [9.17, 15) is 8.42 Å². The largest absolute Gasteiger partial charge is 0.380 e. The number of piperidine rings is 1. The molecule has 0 spiro atoms. The molecule has 2 atom stereocenters. The highest BCUT2D eigenvalue weighted by Crippen LogP contribution is 2.49. The molecule has 6 heteroatoms. The molecule has 0 amide bonds. The van der Waals surface area contributed by atoms with Crippen molar-refractivity contribution in [1.82, 2.24) is 4.31 Å². The number of rotatable bonds is 3. The molecule has 0 unspecified atom stereocenters. The third kappa shape index (κ3) is 3.03. The highest BCUT2D eigenvalue weighted by atomic mass is 32.2. The van der Waals surface area contributed by atoms with Gasteiger partial charge < -0.3 is 9.47 Å². The van der Waals surface area contributed by atoms with Crippen molar-refractivity contribution in [1.29, 1.82) is 0 Å². The van der Waals surface area contributed by atoms with Crippen LogP contribution in [0.3, 0.4) is 0 Å². The maximum Gasteiger partial charge on any atom is 0.243 e. The molecule has 0 radical (unpaired) electrons. The molecule has 0 aromatic heterocycles. The van der Waals surface area contributed by atoms with Gasteiger partial charge in [-0.2, -0.15) is 4.31 Å². The Morgan fingerprint density at radius 3 is 2.88 bits per heavy atom. The van der Waals surface area contributed by atoms with Crippen LogP contribution in [0.5, 0.6) is 0 Å². The van der Waals surface area contributed by atoms with Crippen LogP contribution < -0.4 is 0 Å². The third-order valence-electron chi connectivity index (χ3n) is 6.08. The van der Waals surface area contributed by atoms with E-state index in [1.165, 1.54) is 5.57 Å². The fourth-order valence-electron chi connectivity index (χ4n) is 4.83. The lowest BCUT2D eigenvalue weighted by atomic mass is 9.66. The first-order valence-corrected chi connectivity index (χ1v) is 10.9. The number of fused-ring (bicyclic) bond motifs is 1. The first-order valence-electron chi connectivity index (χ1n) is 9.48. The Labute approximate surface area is 156 Å². The number of nitrogens with zero attached hydrogens (tertiary/aromatic N) is 1. The number of ether oxygens (including phenoxy) is 2. The maximum atomic E-state index is 13.5. The van der Waals surface area contributed by atoms with Gasteiger partial charge in [-0.25, -0.2) is 8.42 Å². The fourth-order valence-corrected chi connectivity index (χ4v) is 6.70. The van der Waals surface area contributed by atoms with Crippen molar-refractivity contribution in [2.45, 2.75) is 43.5 Å². The molecule has 3 heterocycles. The molecule has 0 saturated carbocycles. The summed E-state index contributed by atoms with van der Waals surface area (Å²) >= 11 is 0. The number of aryl methyl sites for hydroxylation is 1. The number of benzene rings is 1. The number of hydrogen-bond donors (Lipinski definition) is 0. The smallest absolute Gasteiger partial charge is 0.243 e. The second-order valence-electron chi connectivity index (χ2n) is 7.60. The van der Waals surface area contributed by atoms with Gasteiger partial charge in [0.25, 0.3) is 0 Å². The highest BCUT2D eigenvalue weighted by molar-refractivity contribution is 7.89. The van der Waals surface area contributed by atoms with Crippen molar-refractivity contribution in [3.63, 3.8) is 0 Å². The maximum absolute atomic E-state index is 13.5. The molecule has 0 aliphatic carbocycles. The Hall–Kier alpha value is -1.21. The number of sulfonamides is 1. The zero-order valence-corrected chi connectivity index (χ0v) is 16.1.